The molecule has 0 saturated carbocycles. The Hall–Kier alpha value is -3.60. The molecule has 0 bridgehead atoms. The largest absolute Gasteiger partial charge is 0.491 e. The lowest BCUT2D eigenvalue weighted by molar-refractivity contribution is 0.102. The average molecular weight is 415 g/mol. The number of fused-ring (bicyclic) bond motifs is 1. The van der Waals surface area contributed by atoms with Crippen LogP contribution in [0.15, 0.2) is 65.1 Å². The van der Waals surface area contributed by atoms with Crippen molar-refractivity contribution >= 4 is 22.7 Å². The normalized spacial score (nSPS) is 12.0. The molecule has 4 rings (SSSR count). The van der Waals surface area contributed by atoms with Gasteiger partial charge in [0.05, 0.1) is 6.10 Å². The third kappa shape index (κ3) is 4.61. The van der Waals surface area contributed by atoms with Crippen molar-refractivity contribution in [2.24, 2.45) is 0 Å². The number of nitrogens with one attached hydrogen (secondary N) is 1. The van der Waals surface area contributed by atoms with E-state index in [4.69, 9.17) is 9.15 Å². The second-order valence-corrected chi connectivity index (χ2v) is 7.82. The first kappa shape index (κ1) is 20.7. The summed E-state index contributed by atoms with van der Waals surface area (Å²) in [6, 6.07) is 18.8. The van der Waals surface area contributed by atoms with Crippen molar-refractivity contribution in [1.29, 1.82) is 0 Å². The number of aryl methyl sites for hydroxylation is 2. The van der Waals surface area contributed by atoms with Gasteiger partial charge in [-0.05, 0) is 92.9 Å². The number of benzene rings is 3. The maximum atomic E-state index is 12.6. The molecule has 0 radical (unpaired) electrons. The van der Waals surface area contributed by atoms with Crippen molar-refractivity contribution in [3.63, 3.8) is 0 Å². The molecular formula is C26H26N2O3. The molecule has 31 heavy (non-hydrogen) atoms. The summed E-state index contributed by atoms with van der Waals surface area (Å²) in [5.74, 6) is 1.14. The van der Waals surface area contributed by atoms with E-state index in [9.17, 15) is 4.79 Å². The van der Waals surface area contributed by atoms with Gasteiger partial charge < -0.3 is 14.5 Å². The minimum absolute atomic E-state index is 0.141. The van der Waals surface area contributed by atoms with Crippen molar-refractivity contribution < 1.29 is 13.9 Å². The molecule has 5 heteroatoms. The molecule has 0 aliphatic heterocycles. The Morgan fingerprint density at radius 2 is 1.81 bits per heavy atom. The van der Waals surface area contributed by atoms with Gasteiger partial charge in [0.1, 0.15) is 11.3 Å². The number of anilines is 1. The van der Waals surface area contributed by atoms with Gasteiger partial charge in [0.2, 0.25) is 5.89 Å². The number of carbonyl (C=O) groups is 1. The topological polar surface area (TPSA) is 64.4 Å². The first-order valence-corrected chi connectivity index (χ1v) is 10.5. The fraction of sp³-hybridized carbons (Fsp3) is 0.231. The highest BCUT2D eigenvalue weighted by molar-refractivity contribution is 6.05. The molecule has 1 amide bonds. The van der Waals surface area contributed by atoms with Gasteiger partial charge in [0.25, 0.3) is 5.91 Å². The van der Waals surface area contributed by atoms with E-state index < -0.39 is 0 Å². The number of hydrogen-bond acceptors (Lipinski definition) is 4. The standard InChI is InChI=1S/C26H26N2O3/c1-5-18(4)30-22-11-8-19(9-12-22)25(29)27-21-10-13-24-23(15-21)28-26(31-24)20-7-6-16(2)17(3)14-20/h6-15,18H,5H2,1-4H3,(H,27,29)/t18-/m0/s1. The van der Waals surface area contributed by atoms with E-state index in [2.05, 4.69) is 43.2 Å². The third-order valence-corrected chi connectivity index (χ3v) is 5.43. The van der Waals surface area contributed by atoms with Crippen LogP contribution in [0.4, 0.5) is 5.69 Å². The van der Waals surface area contributed by atoms with Crippen molar-refractivity contribution in [2.75, 3.05) is 5.32 Å². The molecule has 1 aromatic heterocycles. The van der Waals surface area contributed by atoms with Crippen LogP contribution in [-0.4, -0.2) is 17.0 Å². The number of oxazole rings is 1. The summed E-state index contributed by atoms with van der Waals surface area (Å²) in [6.07, 6.45) is 1.07. The highest BCUT2D eigenvalue weighted by Gasteiger charge is 2.12. The molecule has 0 unspecified atom stereocenters. The highest BCUT2D eigenvalue weighted by atomic mass is 16.5. The van der Waals surface area contributed by atoms with Crippen molar-refractivity contribution in [2.45, 2.75) is 40.2 Å². The van der Waals surface area contributed by atoms with E-state index in [0.29, 0.717) is 28.2 Å². The maximum absolute atomic E-state index is 12.6. The molecule has 0 aliphatic rings. The second-order valence-electron chi connectivity index (χ2n) is 7.82. The van der Waals surface area contributed by atoms with Gasteiger partial charge in [0, 0.05) is 16.8 Å². The molecule has 0 aliphatic carbocycles. The van der Waals surface area contributed by atoms with Crippen LogP contribution in [0.1, 0.15) is 41.8 Å². The quantitative estimate of drug-likeness (QED) is 0.389. The molecule has 0 saturated heterocycles. The molecule has 1 heterocycles. The maximum Gasteiger partial charge on any atom is 0.255 e. The number of nitrogens with zero attached hydrogens (tertiary/aromatic N) is 1. The first-order chi connectivity index (χ1) is 14.9. The summed E-state index contributed by atoms with van der Waals surface area (Å²) in [7, 11) is 0. The number of hydrogen-bond donors (Lipinski definition) is 1. The summed E-state index contributed by atoms with van der Waals surface area (Å²) >= 11 is 0. The number of carbonyl (C=O) groups excluding carboxylic acids is 1. The van der Waals surface area contributed by atoms with E-state index in [1.807, 2.05) is 43.3 Å². The number of amides is 1. The summed E-state index contributed by atoms with van der Waals surface area (Å²) in [6.45, 7) is 8.24. The average Bonchev–Trinajstić information content (AvgIpc) is 3.19. The predicted molar refractivity (Wildman–Crippen MR) is 124 cm³/mol. The Morgan fingerprint density at radius 1 is 1.03 bits per heavy atom. The smallest absolute Gasteiger partial charge is 0.255 e. The van der Waals surface area contributed by atoms with Gasteiger partial charge in [-0.3, -0.25) is 4.79 Å². The molecule has 3 aromatic carbocycles. The molecule has 1 atom stereocenters. The van der Waals surface area contributed by atoms with Crippen LogP contribution in [0.3, 0.4) is 0 Å². The van der Waals surface area contributed by atoms with Gasteiger partial charge in [-0.15, -0.1) is 0 Å². The van der Waals surface area contributed by atoms with Crippen LogP contribution in [0, 0.1) is 13.8 Å². The third-order valence-electron chi connectivity index (χ3n) is 5.43. The SMILES string of the molecule is CC[C@H](C)Oc1ccc(C(=O)Nc2ccc3oc(-c4ccc(C)c(C)c4)nc3c2)cc1. The van der Waals surface area contributed by atoms with Gasteiger partial charge >= 0.3 is 0 Å². The molecule has 0 fully saturated rings. The second kappa shape index (κ2) is 8.64. The number of rotatable bonds is 6. The predicted octanol–water partition coefficient (Wildman–Crippen LogP) is 6.54. The van der Waals surface area contributed by atoms with Crippen LogP contribution in [0.2, 0.25) is 0 Å². The number of ether oxygens (including phenoxy) is 1. The van der Waals surface area contributed by atoms with E-state index in [-0.39, 0.29) is 12.0 Å². The summed E-state index contributed by atoms with van der Waals surface area (Å²) < 4.78 is 11.7. The lowest BCUT2D eigenvalue weighted by atomic mass is 10.1. The molecule has 5 nitrogen and oxygen atoms in total. The summed E-state index contributed by atoms with van der Waals surface area (Å²) in [4.78, 5) is 17.2. The van der Waals surface area contributed by atoms with Crippen molar-refractivity contribution in [3.05, 3.63) is 77.4 Å². The Balaban J connectivity index is 1.50. The minimum atomic E-state index is -0.188. The van der Waals surface area contributed by atoms with E-state index in [1.54, 1.807) is 12.1 Å². The highest BCUT2D eigenvalue weighted by Crippen LogP contribution is 2.27. The Bertz CT molecular complexity index is 1230. The fourth-order valence-corrected chi connectivity index (χ4v) is 3.21. The Labute approximate surface area is 182 Å². The number of aromatic nitrogens is 1. The first-order valence-electron chi connectivity index (χ1n) is 10.5. The van der Waals surface area contributed by atoms with Crippen LogP contribution in [0.5, 0.6) is 5.75 Å². The van der Waals surface area contributed by atoms with Crippen LogP contribution in [0.25, 0.3) is 22.6 Å². The summed E-state index contributed by atoms with van der Waals surface area (Å²) in [5.41, 5.74) is 5.95. The lowest BCUT2D eigenvalue weighted by Crippen LogP contribution is -2.12. The fourth-order valence-electron chi connectivity index (χ4n) is 3.21. The Kier molecular flexibility index (Phi) is 5.76. The van der Waals surface area contributed by atoms with E-state index >= 15 is 0 Å². The van der Waals surface area contributed by atoms with Crippen LogP contribution >= 0.6 is 0 Å². The summed E-state index contributed by atoms with van der Waals surface area (Å²) in [5, 5.41) is 2.93. The monoisotopic (exact) mass is 414 g/mol. The van der Waals surface area contributed by atoms with Crippen molar-refractivity contribution in [1.82, 2.24) is 4.98 Å². The molecule has 0 spiro atoms. The van der Waals surface area contributed by atoms with E-state index in [1.165, 1.54) is 11.1 Å². The van der Waals surface area contributed by atoms with Crippen LogP contribution in [-0.2, 0) is 0 Å². The lowest BCUT2D eigenvalue weighted by Gasteiger charge is -2.12. The van der Waals surface area contributed by atoms with Crippen molar-refractivity contribution in [3.8, 4) is 17.2 Å². The molecule has 1 N–H and O–H groups in total. The molecule has 158 valence electrons. The molecule has 4 aromatic rings. The van der Waals surface area contributed by atoms with Gasteiger partial charge in [-0.1, -0.05) is 13.0 Å². The minimum Gasteiger partial charge on any atom is -0.491 e. The van der Waals surface area contributed by atoms with Gasteiger partial charge in [-0.25, -0.2) is 4.98 Å². The zero-order valence-corrected chi connectivity index (χ0v) is 18.2. The zero-order chi connectivity index (χ0) is 22.0. The zero-order valence-electron chi connectivity index (χ0n) is 18.2. The van der Waals surface area contributed by atoms with Crippen LogP contribution < -0.4 is 10.1 Å². The van der Waals surface area contributed by atoms with Gasteiger partial charge in [-0.2, -0.15) is 0 Å². The van der Waals surface area contributed by atoms with Gasteiger partial charge in [0.15, 0.2) is 5.58 Å². The van der Waals surface area contributed by atoms with E-state index in [0.717, 1.165) is 17.7 Å². The molecular weight excluding hydrogens is 388 g/mol. The Morgan fingerprint density at radius 3 is 2.52 bits per heavy atom.